The fourth-order valence-corrected chi connectivity index (χ4v) is 0.665. The van der Waals surface area contributed by atoms with Gasteiger partial charge in [-0.05, 0) is 0 Å². The van der Waals surface area contributed by atoms with Crippen LogP contribution < -0.4 is 0 Å². The Morgan fingerprint density at radius 3 is 1.60 bits per heavy atom. The van der Waals surface area contributed by atoms with Gasteiger partial charge in [-0.1, -0.05) is 67.3 Å². The molecule has 0 atom stereocenters. The average Bonchev–Trinajstić information content (AvgIpc) is 2.20. The van der Waals surface area contributed by atoms with Gasteiger partial charge in [0.25, 0.3) is 0 Å². The van der Waals surface area contributed by atoms with Crippen LogP contribution in [0.25, 0.3) is 0 Å². The number of aliphatic carboxylic acids is 1. The summed E-state index contributed by atoms with van der Waals surface area (Å²) in [5, 5.41) is 8.27. The molecule has 0 aromatic rings. The van der Waals surface area contributed by atoms with Gasteiger partial charge in [0.1, 0.15) is 0 Å². The Bertz CT molecular complexity index is 328. The van der Waals surface area contributed by atoms with E-state index < -0.39 is 5.97 Å². The van der Waals surface area contributed by atoms with E-state index in [1.165, 1.54) is 6.08 Å². The number of carbonyl (C=O) groups is 1. The molecule has 0 saturated carbocycles. The minimum Gasteiger partial charge on any atom is -0.478 e. The summed E-state index contributed by atoms with van der Waals surface area (Å²) in [6, 6.07) is 0. The van der Waals surface area contributed by atoms with Crippen molar-refractivity contribution in [2.75, 3.05) is 0 Å². The second-order valence-electron chi connectivity index (χ2n) is 2.47. The predicted molar refractivity (Wildman–Crippen MR) is 63.5 cm³/mol. The summed E-state index contributed by atoms with van der Waals surface area (Å²) in [6.45, 7) is 3.54. The lowest BCUT2D eigenvalue weighted by molar-refractivity contribution is -0.131. The van der Waals surface area contributed by atoms with Crippen LogP contribution in [-0.2, 0) is 4.79 Å². The number of allylic oxidation sites excluding steroid dienone is 10. The summed E-state index contributed by atoms with van der Waals surface area (Å²) in [4.78, 5) is 10.1. The lowest BCUT2D eigenvalue weighted by Gasteiger charge is -1.75. The van der Waals surface area contributed by atoms with Crippen molar-refractivity contribution >= 4 is 5.97 Å². The topological polar surface area (TPSA) is 37.3 Å². The highest BCUT2D eigenvalue weighted by atomic mass is 16.4. The Kier molecular flexibility index (Phi) is 8.60. The normalized spacial score (nSPS) is 12.8. The molecule has 0 aliphatic carbocycles. The van der Waals surface area contributed by atoms with Gasteiger partial charge in [0.2, 0.25) is 0 Å². The number of carboxylic acids is 1. The van der Waals surface area contributed by atoms with Gasteiger partial charge in [0.15, 0.2) is 0 Å². The molecule has 0 rings (SSSR count). The Morgan fingerprint density at radius 1 is 0.800 bits per heavy atom. The van der Waals surface area contributed by atoms with Gasteiger partial charge in [-0.3, -0.25) is 0 Å². The van der Waals surface area contributed by atoms with Crippen molar-refractivity contribution in [2.45, 2.75) is 0 Å². The molecule has 0 radical (unpaired) electrons. The highest BCUT2D eigenvalue weighted by molar-refractivity contribution is 5.80. The Labute approximate surface area is 89.9 Å². The van der Waals surface area contributed by atoms with Gasteiger partial charge in [0, 0.05) is 6.08 Å². The fraction of sp³-hybridized carbons (Fsp3) is 0. The minimum absolute atomic E-state index is 0.946. The third kappa shape index (κ3) is 11.9. The summed E-state index contributed by atoms with van der Waals surface area (Å²) < 4.78 is 0. The van der Waals surface area contributed by atoms with E-state index in [0.29, 0.717) is 0 Å². The molecule has 15 heavy (non-hydrogen) atoms. The molecule has 0 unspecified atom stereocenters. The molecule has 0 heterocycles. The van der Waals surface area contributed by atoms with Crippen LogP contribution in [0.1, 0.15) is 0 Å². The summed E-state index contributed by atoms with van der Waals surface area (Å²) in [5.74, 6) is -0.946. The molecule has 0 saturated heterocycles. The lowest BCUT2D eigenvalue weighted by atomic mass is 10.3. The van der Waals surface area contributed by atoms with E-state index in [1.807, 2.05) is 36.5 Å². The minimum atomic E-state index is -0.946. The number of rotatable bonds is 6. The summed E-state index contributed by atoms with van der Waals surface area (Å²) in [6.07, 6.45) is 18.7. The van der Waals surface area contributed by atoms with E-state index in [9.17, 15) is 4.79 Å². The smallest absolute Gasteiger partial charge is 0.328 e. The van der Waals surface area contributed by atoms with E-state index in [1.54, 1.807) is 18.2 Å². The standard InChI is InChI=1S/C13H14O2/c1-2-3-4-5-6-7-8-9-10-11-12-13(14)15/h2-12H,1H2,(H,14,15). The fourth-order valence-electron chi connectivity index (χ4n) is 0.665. The molecular weight excluding hydrogens is 188 g/mol. The van der Waals surface area contributed by atoms with Crippen molar-refractivity contribution in [3.8, 4) is 0 Å². The first-order chi connectivity index (χ1) is 7.27. The number of hydrogen-bond acceptors (Lipinski definition) is 1. The van der Waals surface area contributed by atoms with Crippen molar-refractivity contribution < 1.29 is 9.90 Å². The first kappa shape index (κ1) is 12.9. The number of carboxylic acid groups (broad SMARTS) is 1. The maximum Gasteiger partial charge on any atom is 0.328 e. The van der Waals surface area contributed by atoms with Gasteiger partial charge in [0.05, 0.1) is 0 Å². The van der Waals surface area contributed by atoms with Crippen molar-refractivity contribution in [2.24, 2.45) is 0 Å². The highest BCUT2D eigenvalue weighted by Crippen LogP contribution is 1.83. The first-order valence-electron chi connectivity index (χ1n) is 4.46. The van der Waals surface area contributed by atoms with Crippen LogP contribution in [0.4, 0.5) is 0 Å². The van der Waals surface area contributed by atoms with Crippen LogP contribution in [0.15, 0.2) is 73.4 Å². The molecule has 0 bridgehead atoms. The highest BCUT2D eigenvalue weighted by Gasteiger charge is 1.78. The second kappa shape index (κ2) is 9.99. The zero-order chi connectivity index (χ0) is 11.4. The molecule has 2 nitrogen and oxygen atoms in total. The Balaban J connectivity index is 3.80. The van der Waals surface area contributed by atoms with Crippen LogP contribution in [0.2, 0.25) is 0 Å². The van der Waals surface area contributed by atoms with E-state index in [4.69, 9.17) is 5.11 Å². The van der Waals surface area contributed by atoms with Crippen molar-refractivity contribution in [1.82, 2.24) is 0 Å². The molecule has 78 valence electrons. The second-order valence-corrected chi connectivity index (χ2v) is 2.47. The maximum absolute atomic E-state index is 10.1. The molecule has 0 aliphatic heterocycles. The maximum atomic E-state index is 10.1. The third-order valence-electron chi connectivity index (χ3n) is 1.26. The zero-order valence-corrected chi connectivity index (χ0v) is 8.41. The van der Waals surface area contributed by atoms with E-state index in [2.05, 4.69) is 6.58 Å². The Hall–Kier alpha value is -2.09. The predicted octanol–water partition coefficient (Wildman–Crippen LogP) is 3.04. The lowest BCUT2D eigenvalue weighted by Crippen LogP contribution is -1.84. The quantitative estimate of drug-likeness (QED) is 0.531. The van der Waals surface area contributed by atoms with Crippen LogP contribution in [0.3, 0.4) is 0 Å². The summed E-state index contributed by atoms with van der Waals surface area (Å²) in [5.41, 5.74) is 0. The van der Waals surface area contributed by atoms with Gasteiger partial charge >= 0.3 is 5.97 Å². The van der Waals surface area contributed by atoms with Crippen molar-refractivity contribution in [3.05, 3.63) is 73.4 Å². The van der Waals surface area contributed by atoms with E-state index in [0.717, 1.165) is 6.08 Å². The van der Waals surface area contributed by atoms with Gasteiger partial charge in [-0.15, -0.1) is 0 Å². The van der Waals surface area contributed by atoms with Crippen LogP contribution in [-0.4, -0.2) is 11.1 Å². The van der Waals surface area contributed by atoms with Gasteiger partial charge in [-0.2, -0.15) is 0 Å². The SMILES string of the molecule is C=CC=CC=CC=CC=CC=CC(=O)O. The molecule has 2 heteroatoms. The van der Waals surface area contributed by atoms with Gasteiger partial charge < -0.3 is 5.11 Å². The van der Waals surface area contributed by atoms with E-state index in [-0.39, 0.29) is 0 Å². The molecule has 0 aromatic carbocycles. The Morgan fingerprint density at radius 2 is 1.20 bits per heavy atom. The zero-order valence-electron chi connectivity index (χ0n) is 8.41. The van der Waals surface area contributed by atoms with E-state index >= 15 is 0 Å². The first-order valence-corrected chi connectivity index (χ1v) is 4.46. The molecule has 0 spiro atoms. The number of hydrogen-bond donors (Lipinski definition) is 1. The molecule has 1 N–H and O–H groups in total. The van der Waals surface area contributed by atoms with Crippen molar-refractivity contribution in [3.63, 3.8) is 0 Å². The monoisotopic (exact) mass is 202 g/mol. The van der Waals surface area contributed by atoms with Crippen LogP contribution in [0, 0.1) is 0 Å². The summed E-state index contributed by atoms with van der Waals surface area (Å²) in [7, 11) is 0. The molecule has 0 amide bonds. The van der Waals surface area contributed by atoms with Crippen LogP contribution >= 0.6 is 0 Å². The van der Waals surface area contributed by atoms with Crippen LogP contribution in [0.5, 0.6) is 0 Å². The third-order valence-corrected chi connectivity index (χ3v) is 1.26. The molecule has 0 fully saturated rings. The van der Waals surface area contributed by atoms with Crippen molar-refractivity contribution in [1.29, 1.82) is 0 Å². The molecule has 0 aliphatic rings. The van der Waals surface area contributed by atoms with Gasteiger partial charge in [-0.25, -0.2) is 4.79 Å². The molecular formula is C13H14O2. The summed E-state index contributed by atoms with van der Waals surface area (Å²) >= 11 is 0. The largest absolute Gasteiger partial charge is 0.478 e. The molecule has 0 aromatic heterocycles. The average molecular weight is 202 g/mol.